The Hall–Kier alpha value is -4.46. The van der Waals surface area contributed by atoms with Gasteiger partial charge in [0.15, 0.2) is 0 Å². The van der Waals surface area contributed by atoms with Crippen molar-refractivity contribution in [1.82, 2.24) is 9.97 Å². The van der Waals surface area contributed by atoms with Gasteiger partial charge in [-0.25, -0.2) is 4.98 Å². The maximum Gasteiger partial charge on any atom is 0.271 e. The van der Waals surface area contributed by atoms with Gasteiger partial charge in [-0.3, -0.25) is 10.1 Å². The molecule has 0 bridgehead atoms. The topological polar surface area (TPSA) is 102 Å². The van der Waals surface area contributed by atoms with Crippen LogP contribution in [0.15, 0.2) is 73.4 Å². The molecule has 160 valence electrons. The number of nitro groups is 1. The molecule has 3 aromatic carbocycles. The minimum absolute atomic E-state index is 0.0682. The van der Waals surface area contributed by atoms with E-state index in [2.05, 4.69) is 33.2 Å². The molecule has 0 radical (unpaired) electrons. The van der Waals surface area contributed by atoms with E-state index in [4.69, 9.17) is 4.74 Å². The minimum Gasteiger partial charge on any atom is -0.495 e. The van der Waals surface area contributed by atoms with E-state index in [1.54, 1.807) is 6.20 Å². The van der Waals surface area contributed by atoms with E-state index >= 15 is 0 Å². The molecule has 2 N–H and O–H groups in total. The number of fused-ring (bicyclic) bond motifs is 1. The smallest absolute Gasteiger partial charge is 0.271 e. The molecule has 8 heteroatoms. The summed E-state index contributed by atoms with van der Waals surface area (Å²) in [6.45, 7) is 5.89. The Labute approximate surface area is 184 Å². The Morgan fingerprint density at radius 1 is 1.06 bits per heavy atom. The van der Waals surface area contributed by atoms with Gasteiger partial charge < -0.3 is 15.4 Å². The molecule has 0 unspecified atom stereocenters. The summed E-state index contributed by atoms with van der Waals surface area (Å²) in [5, 5.41) is 19.8. The summed E-state index contributed by atoms with van der Waals surface area (Å²) < 4.78 is 5.31. The summed E-state index contributed by atoms with van der Waals surface area (Å²) in [5.74, 6) is 1.26. The number of benzene rings is 3. The van der Waals surface area contributed by atoms with Crippen LogP contribution in [0.2, 0.25) is 0 Å². The molecule has 0 saturated heterocycles. The monoisotopic (exact) mass is 427 g/mol. The van der Waals surface area contributed by atoms with E-state index in [1.165, 1.54) is 25.3 Å². The maximum absolute atomic E-state index is 11.2. The Balaban J connectivity index is 1.70. The lowest BCUT2D eigenvalue weighted by atomic mass is 10.1. The lowest BCUT2D eigenvalue weighted by molar-refractivity contribution is -0.384. The normalized spacial score (nSPS) is 10.6. The van der Waals surface area contributed by atoms with E-state index in [9.17, 15) is 10.1 Å². The third kappa shape index (κ3) is 4.34. The van der Waals surface area contributed by atoms with Crippen LogP contribution in [-0.2, 0) is 0 Å². The maximum atomic E-state index is 11.2. The highest BCUT2D eigenvalue weighted by atomic mass is 16.6. The van der Waals surface area contributed by atoms with Crippen molar-refractivity contribution in [3.8, 4) is 5.75 Å². The standard InChI is InChI=1S/C24H21N5O3/c1-15(2)20-14-25-24(27-21-13-19(29(30)31)10-11-22(21)32-3)28-23(20)26-18-9-8-16-6-4-5-7-17(16)12-18/h4-14H,1H2,2-3H3,(H2,25,26,27,28). The highest BCUT2D eigenvalue weighted by Crippen LogP contribution is 2.32. The van der Waals surface area contributed by atoms with Crippen LogP contribution < -0.4 is 15.4 Å². The van der Waals surface area contributed by atoms with Crippen LogP contribution in [0.4, 0.5) is 28.8 Å². The first kappa shape index (κ1) is 20.8. The minimum atomic E-state index is -0.470. The molecule has 0 atom stereocenters. The highest BCUT2D eigenvalue weighted by molar-refractivity contribution is 5.87. The predicted octanol–water partition coefficient (Wildman–Crippen LogP) is 6.07. The number of nitrogens with one attached hydrogen (secondary N) is 2. The van der Waals surface area contributed by atoms with Gasteiger partial charge in [0.1, 0.15) is 11.6 Å². The van der Waals surface area contributed by atoms with E-state index in [1.807, 2.05) is 43.3 Å². The van der Waals surface area contributed by atoms with Gasteiger partial charge in [-0.1, -0.05) is 36.9 Å². The second kappa shape index (κ2) is 8.73. The van der Waals surface area contributed by atoms with E-state index in [0.717, 1.165) is 27.6 Å². The predicted molar refractivity (Wildman–Crippen MR) is 127 cm³/mol. The first-order valence-electron chi connectivity index (χ1n) is 9.83. The molecule has 0 spiro atoms. The van der Waals surface area contributed by atoms with Crippen molar-refractivity contribution in [2.75, 3.05) is 17.7 Å². The molecule has 1 heterocycles. The summed E-state index contributed by atoms with van der Waals surface area (Å²) in [6, 6.07) is 18.4. The average Bonchev–Trinajstić information content (AvgIpc) is 2.79. The average molecular weight is 427 g/mol. The number of ether oxygens (including phenoxy) is 1. The van der Waals surface area contributed by atoms with Crippen LogP contribution in [0.5, 0.6) is 5.75 Å². The fourth-order valence-corrected chi connectivity index (χ4v) is 3.28. The van der Waals surface area contributed by atoms with Crippen LogP contribution in [0.25, 0.3) is 16.3 Å². The lowest BCUT2D eigenvalue weighted by Gasteiger charge is -2.14. The third-order valence-electron chi connectivity index (χ3n) is 4.90. The van der Waals surface area contributed by atoms with Gasteiger partial charge >= 0.3 is 0 Å². The Morgan fingerprint density at radius 3 is 2.56 bits per heavy atom. The highest BCUT2D eigenvalue weighted by Gasteiger charge is 2.14. The number of rotatable bonds is 7. The molecule has 0 saturated carbocycles. The van der Waals surface area contributed by atoms with Crippen molar-refractivity contribution < 1.29 is 9.66 Å². The van der Waals surface area contributed by atoms with Gasteiger partial charge in [0.05, 0.1) is 17.7 Å². The van der Waals surface area contributed by atoms with Gasteiger partial charge in [-0.2, -0.15) is 4.98 Å². The van der Waals surface area contributed by atoms with Crippen LogP contribution in [0.1, 0.15) is 12.5 Å². The first-order chi connectivity index (χ1) is 15.4. The number of hydrogen-bond donors (Lipinski definition) is 2. The van der Waals surface area contributed by atoms with Crippen molar-refractivity contribution in [2.45, 2.75) is 6.92 Å². The van der Waals surface area contributed by atoms with Crippen molar-refractivity contribution in [2.24, 2.45) is 0 Å². The van der Waals surface area contributed by atoms with Crippen molar-refractivity contribution in [1.29, 1.82) is 0 Å². The molecule has 8 nitrogen and oxygen atoms in total. The summed E-state index contributed by atoms with van der Waals surface area (Å²) >= 11 is 0. The molecular weight excluding hydrogens is 406 g/mol. The fraction of sp³-hybridized carbons (Fsp3) is 0.0833. The van der Waals surface area contributed by atoms with Crippen LogP contribution >= 0.6 is 0 Å². The van der Waals surface area contributed by atoms with Crippen LogP contribution in [0.3, 0.4) is 0 Å². The molecule has 0 fully saturated rings. The number of anilines is 4. The van der Waals surface area contributed by atoms with Gasteiger partial charge in [0, 0.05) is 29.6 Å². The molecular formula is C24H21N5O3. The summed E-state index contributed by atoms with van der Waals surface area (Å²) in [6.07, 6.45) is 1.66. The largest absolute Gasteiger partial charge is 0.495 e. The Bertz CT molecular complexity index is 1340. The zero-order valence-electron chi connectivity index (χ0n) is 17.6. The molecule has 0 aliphatic rings. The van der Waals surface area contributed by atoms with Gasteiger partial charge in [0.2, 0.25) is 5.95 Å². The van der Waals surface area contributed by atoms with E-state index in [0.29, 0.717) is 17.3 Å². The number of nitro benzene ring substituents is 1. The molecule has 0 aliphatic heterocycles. The number of non-ortho nitro benzene ring substituents is 1. The fourth-order valence-electron chi connectivity index (χ4n) is 3.28. The summed E-state index contributed by atoms with van der Waals surface area (Å²) in [7, 11) is 1.49. The van der Waals surface area contributed by atoms with Crippen molar-refractivity contribution in [3.05, 3.63) is 89.1 Å². The van der Waals surface area contributed by atoms with Crippen molar-refractivity contribution >= 4 is 45.2 Å². The number of nitrogens with zero attached hydrogens (tertiary/aromatic N) is 3. The quantitative estimate of drug-likeness (QED) is 0.273. The molecule has 4 aromatic rings. The first-order valence-corrected chi connectivity index (χ1v) is 9.83. The number of aromatic nitrogens is 2. The molecule has 0 amide bonds. The summed E-state index contributed by atoms with van der Waals surface area (Å²) in [4.78, 5) is 19.6. The zero-order chi connectivity index (χ0) is 22.7. The van der Waals surface area contributed by atoms with Gasteiger partial charge in [0.25, 0.3) is 5.69 Å². The van der Waals surface area contributed by atoms with Crippen LogP contribution in [-0.4, -0.2) is 22.0 Å². The SMILES string of the molecule is C=C(C)c1cnc(Nc2cc([N+](=O)[O-])ccc2OC)nc1Nc1ccc2ccccc2c1. The van der Waals surface area contributed by atoms with E-state index < -0.39 is 4.92 Å². The van der Waals surface area contributed by atoms with Crippen molar-refractivity contribution in [3.63, 3.8) is 0 Å². The van der Waals surface area contributed by atoms with Gasteiger partial charge in [-0.15, -0.1) is 0 Å². The van der Waals surface area contributed by atoms with Gasteiger partial charge in [-0.05, 0) is 41.5 Å². The summed E-state index contributed by atoms with van der Waals surface area (Å²) in [5.41, 5.74) is 2.74. The second-order valence-corrected chi connectivity index (χ2v) is 7.19. The van der Waals surface area contributed by atoms with E-state index in [-0.39, 0.29) is 11.6 Å². The molecule has 0 aliphatic carbocycles. The Kier molecular flexibility index (Phi) is 5.67. The van der Waals surface area contributed by atoms with Crippen LogP contribution in [0, 0.1) is 10.1 Å². The second-order valence-electron chi connectivity index (χ2n) is 7.19. The molecule has 32 heavy (non-hydrogen) atoms. The lowest BCUT2D eigenvalue weighted by Crippen LogP contribution is -2.05. The Morgan fingerprint density at radius 2 is 1.84 bits per heavy atom. The number of methoxy groups -OCH3 is 1. The zero-order valence-corrected chi connectivity index (χ0v) is 17.6. The molecule has 1 aromatic heterocycles. The third-order valence-corrected chi connectivity index (χ3v) is 4.90. The number of hydrogen-bond acceptors (Lipinski definition) is 7. The molecule has 4 rings (SSSR count). The number of allylic oxidation sites excluding steroid dienone is 1.